The zero-order valence-corrected chi connectivity index (χ0v) is 14.8. The first-order valence-electron chi connectivity index (χ1n) is 5.38. The predicted octanol–water partition coefficient (Wildman–Crippen LogP) is 4.06. The highest BCUT2D eigenvalue weighted by Crippen LogP contribution is 2.30. The Morgan fingerprint density at radius 1 is 1.26 bits per heavy atom. The first-order chi connectivity index (χ1) is 8.88. The summed E-state index contributed by atoms with van der Waals surface area (Å²) in [6.07, 6.45) is 0. The lowest BCUT2D eigenvalue weighted by atomic mass is 10.2. The van der Waals surface area contributed by atoms with Gasteiger partial charge in [0.05, 0.1) is 3.79 Å². The molecule has 0 saturated carbocycles. The highest BCUT2D eigenvalue weighted by molar-refractivity contribution is 9.11. The summed E-state index contributed by atoms with van der Waals surface area (Å²) in [5.74, 6) is 0. The van der Waals surface area contributed by atoms with Crippen LogP contribution in [0.25, 0.3) is 0 Å². The lowest BCUT2D eigenvalue weighted by Gasteiger charge is -2.05. The van der Waals surface area contributed by atoms with Crippen molar-refractivity contribution >= 4 is 53.2 Å². The molecule has 0 fully saturated rings. The molecule has 0 radical (unpaired) electrons. The van der Waals surface area contributed by atoms with Gasteiger partial charge in [-0.1, -0.05) is 28.1 Å². The van der Waals surface area contributed by atoms with E-state index in [-0.39, 0.29) is 6.54 Å². The van der Waals surface area contributed by atoms with Crippen LogP contribution in [0.3, 0.4) is 0 Å². The molecule has 19 heavy (non-hydrogen) atoms. The minimum atomic E-state index is -3.45. The van der Waals surface area contributed by atoms with Crippen LogP contribution in [0, 0.1) is 6.92 Å². The molecule has 0 saturated heterocycles. The molecular formula is C12H11Br2NO2S2. The molecule has 0 aliphatic rings. The average Bonchev–Trinajstić information content (AvgIpc) is 2.68. The first-order valence-corrected chi connectivity index (χ1v) is 9.27. The van der Waals surface area contributed by atoms with Crippen molar-refractivity contribution in [2.24, 2.45) is 0 Å². The van der Waals surface area contributed by atoms with E-state index < -0.39 is 10.0 Å². The van der Waals surface area contributed by atoms with E-state index in [1.165, 1.54) is 11.3 Å². The summed E-state index contributed by atoms with van der Waals surface area (Å²) < 4.78 is 28.9. The lowest BCUT2D eigenvalue weighted by Crippen LogP contribution is -2.22. The molecule has 0 bridgehead atoms. The highest BCUT2D eigenvalue weighted by Gasteiger charge is 2.17. The minimum Gasteiger partial charge on any atom is -0.206 e. The van der Waals surface area contributed by atoms with Crippen LogP contribution in [-0.2, 0) is 16.6 Å². The third kappa shape index (κ3) is 3.88. The van der Waals surface area contributed by atoms with Crippen molar-refractivity contribution in [1.29, 1.82) is 0 Å². The van der Waals surface area contributed by atoms with Crippen LogP contribution < -0.4 is 4.72 Å². The van der Waals surface area contributed by atoms with Crippen LogP contribution in [0.1, 0.15) is 11.1 Å². The first kappa shape index (κ1) is 15.2. The number of halogens is 2. The fraction of sp³-hybridized carbons (Fsp3) is 0.167. The lowest BCUT2D eigenvalue weighted by molar-refractivity contribution is 0.583. The Bertz CT molecular complexity index is 676. The largest absolute Gasteiger partial charge is 0.250 e. The smallest absolute Gasteiger partial charge is 0.206 e. The maximum absolute atomic E-state index is 12.1. The van der Waals surface area contributed by atoms with E-state index in [1.807, 2.05) is 31.2 Å². The van der Waals surface area contributed by atoms with Crippen molar-refractivity contribution in [3.05, 3.63) is 49.7 Å². The second-order valence-corrected chi connectivity index (χ2v) is 9.26. The van der Waals surface area contributed by atoms with Crippen molar-refractivity contribution in [3.8, 4) is 0 Å². The molecule has 0 unspecified atom stereocenters. The van der Waals surface area contributed by atoms with E-state index in [1.54, 1.807) is 6.07 Å². The Kier molecular flexibility index (Phi) is 4.84. The van der Waals surface area contributed by atoms with Crippen LogP contribution >= 0.6 is 43.2 Å². The summed E-state index contributed by atoms with van der Waals surface area (Å²) in [7, 11) is -3.45. The summed E-state index contributed by atoms with van der Waals surface area (Å²) in [6, 6.07) is 9.20. The van der Waals surface area contributed by atoms with Crippen LogP contribution in [0.2, 0.25) is 0 Å². The number of thiophene rings is 1. The van der Waals surface area contributed by atoms with Gasteiger partial charge in [-0.25, -0.2) is 13.1 Å². The van der Waals surface area contributed by atoms with Crippen LogP contribution in [-0.4, -0.2) is 8.42 Å². The van der Waals surface area contributed by atoms with Gasteiger partial charge in [0.1, 0.15) is 4.21 Å². The van der Waals surface area contributed by atoms with Gasteiger partial charge in [0, 0.05) is 11.0 Å². The SMILES string of the molecule is Cc1cc(S(=O)(=O)NCc2cccc(Br)c2)sc1Br. The predicted molar refractivity (Wildman–Crippen MR) is 84.9 cm³/mol. The number of hydrogen-bond donors (Lipinski definition) is 1. The van der Waals surface area contributed by atoms with E-state index in [0.29, 0.717) is 4.21 Å². The van der Waals surface area contributed by atoms with Gasteiger partial charge >= 0.3 is 0 Å². The van der Waals surface area contributed by atoms with Crippen LogP contribution in [0.5, 0.6) is 0 Å². The number of aryl methyl sites for hydroxylation is 1. The summed E-state index contributed by atoms with van der Waals surface area (Å²) in [5, 5.41) is 0. The molecule has 1 aromatic carbocycles. The van der Waals surface area contributed by atoms with E-state index >= 15 is 0 Å². The summed E-state index contributed by atoms with van der Waals surface area (Å²) in [6.45, 7) is 2.14. The van der Waals surface area contributed by atoms with Gasteiger partial charge in [-0.2, -0.15) is 0 Å². The van der Waals surface area contributed by atoms with Gasteiger partial charge in [0.15, 0.2) is 0 Å². The third-order valence-electron chi connectivity index (χ3n) is 2.45. The zero-order valence-electron chi connectivity index (χ0n) is 9.98. The van der Waals surface area contributed by atoms with Crippen molar-refractivity contribution < 1.29 is 8.42 Å². The quantitative estimate of drug-likeness (QED) is 0.804. The van der Waals surface area contributed by atoms with Crippen LogP contribution in [0.15, 0.2) is 42.8 Å². The molecule has 102 valence electrons. The number of benzene rings is 1. The van der Waals surface area contributed by atoms with Gasteiger partial charge in [-0.15, -0.1) is 11.3 Å². The van der Waals surface area contributed by atoms with E-state index in [9.17, 15) is 8.42 Å². The topological polar surface area (TPSA) is 46.2 Å². The van der Waals surface area contributed by atoms with E-state index in [0.717, 1.165) is 19.4 Å². The maximum Gasteiger partial charge on any atom is 0.250 e. The number of sulfonamides is 1. The van der Waals surface area contributed by atoms with Gasteiger partial charge in [0.25, 0.3) is 0 Å². The van der Waals surface area contributed by atoms with E-state index in [4.69, 9.17) is 0 Å². The molecule has 2 rings (SSSR count). The Hall–Kier alpha value is -0.210. The van der Waals surface area contributed by atoms with Crippen LogP contribution in [0.4, 0.5) is 0 Å². The number of rotatable bonds is 4. The molecule has 1 N–H and O–H groups in total. The zero-order chi connectivity index (χ0) is 14.0. The molecule has 0 spiro atoms. The second-order valence-electron chi connectivity index (χ2n) is 3.98. The summed E-state index contributed by atoms with van der Waals surface area (Å²) >= 11 is 7.91. The highest BCUT2D eigenvalue weighted by atomic mass is 79.9. The fourth-order valence-corrected chi connectivity index (χ4v) is 5.20. The molecule has 1 heterocycles. The van der Waals surface area contributed by atoms with Crippen molar-refractivity contribution in [2.45, 2.75) is 17.7 Å². The Labute approximate surface area is 133 Å². The van der Waals surface area contributed by atoms with Crippen molar-refractivity contribution in [1.82, 2.24) is 4.72 Å². The van der Waals surface area contributed by atoms with Gasteiger partial charge in [-0.3, -0.25) is 0 Å². The molecule has 1 aromatic heterocycles. The van der Waals surface area contributed by atoms with E-state index in [2.05, 4.69) is 36.6 Å². The molecule has 3 nitrogen and oxygen atoms in total. The fourth-order valence-electron chi connectivity index (χ4n) is 1.46. The summed E-state index contributed by atoms with van der Waals surface area (Å²) in [5.41, 5.74) is 1.83. The number of nitrogens with one attached hydrogen (secondary N) is 1. The summed E-state index contributed by atoms with van der Waals surface area (Å²) in [4.78, 5) is 0. The molecule has 0 aliphatic carbocycles. The normalized spacial score (nSPS) is 11.7. The van der Waals surface area contributed by atoms with Gasteiger partial charge in [0.2, 0.25) is 10.0 Å². The third-order valence-corrected chi connectivity index (χ3v) is 6.96. The van der Waals surface area contributed by atoms with Gasteiger partial charge < -0.3 is 0 Å². The maximum atomic E-state index is 12.1. The standard InChI is InChI=1S/C12H11Br2NO2S2/c1-8-5-11(18-12(8)14)19(16,17)15-7-9-3-2-4-10(13)6-9/h2-6,15H,7H2,1H3. The number of hydrogen-bond acceptors (Lipinski definition) is 3. The molecular weight excluding hydrogens is 414 g/mol. The molecule has 0 amide bonds. The monoisotopic (exact) mass is 423 g/mol. The van der Waals surface area contributed by atoms with Crippen molar-refractivity contribution in [2.75, 3.05) is 0 Å². The Morgan fingerprint density at radius 2 is 2.00 bits per heavy atom. The molecule has 2 aromatic rings. The average molecular weight is 425 g/mol. The Morgan fingerprint density at radius 3 is 2.58 bits per heavy atom. The Balaban J connectivity index is 2.14. The second kappa shape index (κ2) is 6.05. The molecule has 7 heteroatoms. The molecule has 0 atom stereocenters. The van der Waals surface area contributed by atoms with Crippen molar-refractivity contribution in [3.63, 3.8) is 0 Å². The molecule has 0 aliphatic heterocycles. The van der Waals surface area contributed by atoms with Gasteiger partial charge in [-0.05, 0) is 52.2 Å². The minimum absolute atomic E-state index is 0.274.